The van der Waals surface area contributed by atoms with Crippen molar-refractivity contribution in [2.45, 2.75) is 31.5 Å². The van der Waals surface area contributed by atoms with Gasteiger partial charge in [-0.05, 0) is 31.4 Å². The van der Waals surface area contributed by atoms with Crippen molar-refractivity contribution in [3.63, 3.8) is 0 Å². The number of rotatable bonds is 3. The number of aliphatic carboxylic acids is 1. The van der Waals surface area contributed by atoms with Crippen LogP contribution < -0.4 is 0 Å². The van der Waals surface area contributed by atoms with E-state index in [0.29, 0.717) is 19.3 Å². The molecule has 0 saturated carbocycles. The Labute approximate surface area is 146 Å². The van der Waals surface area contributed by atoms with E-state index in [0.717, 1.165) is 16.9 Å². The van der Waals surface area contributed by atoms with Gasteiger partial charge < -0.3 is 10.0 Å². The van der Waals surface area contributed by atoms with Crippen molar-refractivity contribution in [1.29, 1.82) is 0 Å². The summed E-state index contributed by atoms with van der Waals surface area (Å²) in [6.07, 6.45) is -1.84. The van der Waals surface area contributed by atoms with Crippen LogP contribution in [0.5, 0.6) is 0 Å². The fraction of sp³-hybridized carbons (Fsp3) is 0.375. The zero-order valence-electron chi connectivity index (χ0n) is 13.5. The van der Waals surface area contributed by atoms with Crippen LogP contribution in [0, 0.1) is 0 Å². The third-order valence-electron chi connectivity index (χ3n) is 4.22. The van der Waals surface area contributed by atoms with E-state index in [4.69, 9.17) is 0 Å². The number of carboxylic acids is 1. The Hall–Kier alpha value is -2.91. The van der Waals surface area contributed by atoms with Gasteiger partial charge in [0.1, 0.15) is 6.04 Å². The maximum Gasteiger partial charge on any atom is 0.418 e. The Morgan fingerprint density at radius 2 is 1.92 bits per heavy atom. The van der Waals surface area contributed by atoms with Crippen LogP contribution >= 0.6 is 0 Å². The van der Waals surface area contributed by atoms with Crippen molar-refractivity contribution < 1.29 is 27.9 Å². The first-order valence-corrected chi connectivity index (χ1v) is 7.92. The zero-order chi connectivity index (χ0) is 18.9. The Kier molecular flexibility index (Phi) is 4.66. The summed E-state index contributed by atoms with van der Waals surface area (Å²) in [6, 6.07) is 3.82. The first-order valence-electron chi connectivity index (χ1n) is 7.92. The number of hydrogen-bond donors (Lipinski definition) is 1. The number of benzene rings is 1. The van der Waals surface area contributed by atoms with Crippen LogP contribution in [0.3, 0.4) is 0 Å². The van der Waals surface area contributed by atoms with Gasteiger partial charge in [-0.3, -0.25) is 4.79 Å². The zero-order valence-corrected chi connectivity index (χ0v) is 13.5. The molecule has 26 heavy (non-hydrogen) atoms. The molecule has 1 aliphatic heterocycles. The fourth-order valence-electron chi connectivity index (χ4n) is 2.97. The van der Waals surface area contributed by atoms with Gasteiger partial charge in [-0.15, -0.1) is 5.10 Å². The molecule has 0 aliphatic carbocycles. The standard InChI is InChI=1S/C16H15F3N4O3/c17-16(18,19)10-5-1-2-6-12(10)23-9-11(20-21-23)14(24)22-8-4-3-7-13(22)15(25)26/h1-2,5-6,9,13H,3-4,7-8H2,(H,25,26). The highest BCUT2D eigenvalue weighted by molar-refractivity contribution is 5.94. The predicted molar refractivity (Wildman–Crippen MR) is 82.7 cm³/mol. The molecule has 2 aromatic rings. The maximum atomic E-state index is 13.1. The molecule has 1 aliphatic rings. The number of para-hydroxylation sites is 1. The number of likely N-dealkylation sites (tertiary alicyclic amines) is 1. The smallest absolute Gasteiger partial charge is 0.418 e. The van der Waals surface area contributed by atoms with E-state index < -0.39 is 29.7 Å². The second-order valence-corrected chi connectivity index (χ2v) is 5.91. The summed E-state index contributed by atoms with van der Waals surface area (Å²) < 4.78 is 40.3. The van der Waals surface area contributed by atoms with Crippen molar-refractivity contribution in [1.82, 2.24) is 19.9 Å². The Balaban J connectivity index is 1.91. The molecule has 3 rings (SSSR count). The van der Waals surface area contributed by atoms with E-state index in [1.54, 1.807) is 0 Å². The first-order chi connectivity index (χ1) is 12.3. The van der Waals surface area contributed by atoms with E-state index >= 15 is 0 Å². The first kappa shape index (κ1) is 17.9. The minimum atomic E-state index is -4.59. The molecule has 1 N–H and O–H groups in total. The topological polar surface area (TPSA) is 88.3 Å². The second kappa shape index (κ2) is 6.77. The molecule has 7 nitrogen and oxygen atoms in total. The van der Waals surface area contributed by atoms with Crippen molar-refractivity contribution in [3.8, 4) is 5.69 Å². The number of nitrogens with zero attached hydrogens (tertiary/aromatic N) is 4. The lowest BCUT2D eigenvalue weighted by atomic mass is 10.0. The number of amides is 1. The van der Waals surface area contributed by atoms with Gasteiger partial charge >= 0.3 is 12.1 Å². The van der Waals surface area contributed by atoms with Gasteiger partial charge in [0.25, 0.3) is 5.91 Å². The maximum absolute atomic E-state index is 13.1. The lowest BCUT2D eigenvalue weighted by Crippen LogP contribution is -2.48. The number of alkyl halides is 3. The summed E-state index contributed by atoms with van der Waals surface area (Å²) in [5.41, 5.74) is -1.37. The average molecular weight is 368 g/mol. The SMILES string of the molecule is O=C(O)C1CCCCN1C(=O)c1cn(-c2ccccc2C(F)(F)F)nn1. The van der Waals surface area contributed by atoms with Crippen LogP contribution in [-0.4, -0.2) is 49.5 Å². The van der Waals surface area contributed by atoms with E-state index in [1.807, 2.05) is 0 Å². The normalized spacial score (nSPS) is 18.0. The third-order valence-corrected chi connectivity index (χ3v) is 4.22. The molecule has 1 atom stereocenters. The number of carboxylic acid groups (broad SMARTS) is 1. The van der Waals surface area contributed by atoms with Gasteiger partial charge in [-0.1, -0.05) is 17.3 Å². The average Bonchev–Trinajstić information content (AvgIpc) is 3.10. The van der Waals surface area contributed by atoms with Gasteiger partial charge in [-0.25, -0.2) is 9.48 Å². The third kappa shape index (κ3) is 3.39. The minimum absolute atomic E-state index is 0.199. The molecular formula is C16H15F3N4O3. The van der Waals surface area contributed by atoms with Crippen molar-refractivity contribution in [3.05, 3.63) is 41.7 Å². The number of piperidine rings is 1. The van der Waals surface area contributed by atoms with Gasteiger partial charge in [0.15, 0.2) is 5.69 Å². The van der Waals surface area contributed by atoms with E-state index in [2.05, 4.69) is 10.3 Å². The Morgan fingerprint density at radius 1 is 1.19 bits per heavy atom. The van der Waals surface area contributed by atoms with Gasteiger partial charge in [0, 0.05) is 6.54 Å². The molecule has 1 saturated heterocycles. The predicted octanol–water partition coefficient (Wildman–Crippen LogP) is 2.37. The molecule has 2 heterocycles. The lowest BCUT2D eigenvalue weighted by molar-refractivity contribution is -0.143. The molecule has 0 bridgehead atoms. The number of carbonyl (C=O) groups excluding carboxylic acids is 1. The van der Waals surface area contributed by atoms with Crippen LogP contribution in [0.15, 0.2) is 30.5 Å². The molecule has 1 fully saturated rings. The van der Waals surface area contributed by atoms with Crippen LogP contribution in [0.25, 0.3) is 5.69 Å². The van der Waals surface area contributed by atoms with Crippen molar-refractivity contribution in [2.24, 2.45) is 0 Å². The summed E-state index contributed by atoms with van der Waals surface area (Å²) in [4.78, 5) is 25.1. The van der Waals surface area contributed by atoms with Crippen LogP contribution in [0.1, 0.15) is 35.3 Å². The van der Waals surface area contributed by atoms with Crippen LogP contribution in [0.4, 0.5) is 13.2 Å². The van der Waals surface area contributed by atoms with Gasteiger partial charge in [0.2, 0.25) is 0 Å². The molecule has 0 radical (unpaired) electrons. The molecule has 1 aromatic carbocycles. The molecule has 1 aromatic heterocycles. The summed E-state index contributed by atoms with van der Waals surface area (Å²) in [5.74, 6) is -1.78. The summed E-state index contributed by atoms with van der Waals surface area (Å²) >= 11 is 0. The summed E-state index contributed by atoms with van der Waals surface area (Å²) in [7, 11) is 0. The van der Waals surface area contributed by atoms with Crippen molar-refractivity contribution >= 4 is 11.9 Å². The molecule has 1 amide bonds. The Morgan fingerprint density at radius 3 is 2.62 bits per heavy atom. The van der Waals surface area contributed by atoms with Gasteiger partial charge in [-0.2, -0.15) is 13.2 Å². The summed E-state index contributed by atoms with van der Waals surface area (Å²) in [6.45, 7) is 0.252. The number of carbonyl (C=O) groups is 2. The van der Waals surface area contributed by atoms with Crippen molar-refractivity contribution in [2.75, 3.05) is 6.54 Å². The molecule has 0 spiro atoms. The number of halogens is 3. The molecular weight excluding hydrogens is 353 g/mol. The quantitative estimate of drug-likeness (QED) is 0.899. The molecule has 138 valence electrons. The van der Waals surface area contributed by atoms with Gasteiger partial charge in [0.05, 0.1) is 17.4 Å². The van der Waals surface area contributed by atoms with E-state index in [9.17, 15) is 27.9 Å². The minimum Gasteiger partial charge on any atom is -0.480 e. The van der Waals surface area contributed by atoms with Crippen LogP contribution in [-0.2, 0) is 11.0 Å². The Bertz CT molecular complexity index is 834. The van der Waals surface area contributed by atoms with Crippen LogP contribution in [0.2, 0.25) is 0 Å². The highest BCUT2D eigenvalue weighted by Crippen LogP contribution is 2.33. The molecule has 1 unspecified atom stereocenters. The highest BCUT2D eigenvalue weighted by atomic mass is 19.4. The second-order valence-electron chi connectivity index (χ2n) is 5.91. The van der Waals surface area contributed by atoms with E-state index in [-0.39, 0.29) is 17.9 Å². The highest BCUT2D eigenvalue weighted by Gasteiger charge is 2.36. The lowest BCUT2D eigenvalue weighted by Gasteiger charge is -2.32. The summed E-state index contributed by atoms with van der Waals surface area (Å²) in [5, 5.41) is 16.5. The number of aromatic nitrogens is 3. The fourth-order valence-corrected chi connectivity index (χ4v) is 2.97. The monoisotopic (exact) mass is 368 g/mol. The van der Waals surface area contributed by atoms with E-state index in [1.165, 1.54) is 23.1 Å². The molecule has 10 heteroatoms. The number of hydrogen-bond acceptors (Lipinski definition) is 4. The largest absolute Gasteiger partial charge is 0.480 e.